The van der Waals surface area contributed by atoms with Gasteiger partial charge in [-0.3, -0.25) is 4.79 Å². The molecule has 0 saturated carbocycles. The second-order valence-corrected chi connectivity index (χ2v) is 2.25. The molecule has 9 heteroatoms. The van der Waals surface area contributed by atoms with E-state index in [1.165, 1.54) is 0 Å². The Morgan fingerprint density at radius 3 is 1.80 bits per heavy atom. The molecular formula is C6H11Ac3NO5. The van der Waals surface area contributed by atoms with Crippen LogP contribution in [0.25, 0.3) is 0 Å². The number of carbonyl (C=O) groups is 1. The Labute approximate surface area is 195 Å². The fourth-order valence-electron chi connectivity index (χ4n) is 0.589. The molecule has 1 unspecified atom stereocenters. The number of nitrogens with zero attached hydrogens (tertiary/aromatic N) is 1. The molecule has 4 N–H and O–H groups in total. The molecule has 0 spiro atoms. The largest absolute Gasteiger partial charge is 0.411 e. The number of carbonyl (C=O) groups excluding carboxylic acids is 1. The minimum absolute atomic E-state index is 0. The molecule has 2 atom stereocenters. The van der Waals surface area contributed by atoms with Crippen LogP contribution in [0, 0.1) is 132 Å². The van der Waals surface area contributed by atoms with Crippen molar-refractivity contribution in [3.05, 3.63) is 0 Å². The molecule has 0 aromatic carbocycles. The summed E-state index contributed by atoms with van der Waals surface area (Å²) in [4.78, 5) is 10.5. The molecular weight excluding hydrogens is 847 g/mol. The van der Waals surface area contributed by atoms with Crippen LogP contribution in [0.15, 0.2) is 5.16 Å². The van der Waals surface area contributed by atoms with Gasteiger partial charge in [0.15, 0.2) is 5.78 Å². The smallest absolute Gasteiger partial charge is 0.161 e. The Morgan fingerprint density at radius 1 is 1.20 bits per heavy atom. The van der Waals surface area contributed by atoms with Crippen LogP contribution in [0.3, 0.4) is 0 Å². The molecule has 0 amide bonds. The van der Waals surface area contributed by atoms with Gasteiger partial charge in [-0.2, -0.15) is 0 Å². The van der Waals surface area contributed by atoms with Gasteiger partial charge in [0.25, 0.3) is 0 Å². The van der Waals surface area contributed by atoms with Crippen molar-refractivity contribution in [3.8, 4) is 0 Å². The molecule has 0 rings (SSSR count). The summed E-state index contributed by atoms with van der Waals surface area (Å²) in [7, 11) is 0. The molecule has 0 saturated heterocycles. The Kier molecular flexibility index (Phi) is 27.5. The van der Waals surface area contributed by atoms with Crippen LogP contribution in [0.1, 0.15) is 6.92 Å². The Balaban J connectivity index is -0.000000202. The van der Waals surface area contributed by atoms with Gasteiger partial charge in [-0.25, -0.2) is 0 Å². The standard InChI is InChI=1S/C6H11NO5.3Ac/c1-3(9)5(10)6(11)4(2-8)7-12;;;/h5-6,8,10-12H,2H2,1H3;;;/b7-4-;;;/t5?,6-;;;/m1.../s1. The van der Waals surface area contributed by atoms with Crippen molar-refractivity contribution >= 4 is 11.5 Å². The van der Waals surface area contributed by atoms with E-state index in [0.29, 0.717) is 0 Å². The minimum atomic E-state index is -1.66. The van der Waals surface area contributed by atoms with Crippen molar-refractivity contribution in [2.45, 2.75) is 19.1 Å². The molecule has 15 heavy (non-hydrogen) atoms. The van der Waals surface area contributed by atoms with Gasteiger partial charge in [-0.1, -0.05) is 5.16 Å². The zero-order chi connectivity index (χ0) is 9.72. The predicted molar refractivity (Wildman–Crippen MR) is 39.0 cm³/mol. The molecule has 3 radical (unpaired) electrons. The van der Waals surface area contributed by atoms with Crippen LogP contribution < -0.4 is 0 Å². The Hall–Kier alpha value is 3.34. The molecule has 0 bridgehead atoms. The predicted octanol–water partition coefficient (Wildman–Crippen LogP) is -1.88. The summed E-state index contributed by atoms with van der Waals surface area (Å²) in [6.45, 7) is 0.349. The van der Waals surface area contributed by atoms with E-state index in [2.05, 4.69) is 5.16 Å². The maximum Gasteiger partial charge on any atom is 0.161 e. The zero-order valence-corrected chi connectivity index (χ0v) is 22.5. The van der Waals surface area contributed by atoms with Gasteiger partial charge in [-0.15, -0.1) is 0 Å². The van der Waals surface area contributed by atoms with Gasteiger partial charge in [0, 0.05) is 132 Å². The second-order valence-electron chi connectivity index (χ2n) is 2.25. The van der Waals surface area contributed by atoms with Crippen LogP contribution in [-0.2, 0) is 4.79 Å². The molecule has 0 aromatic rings. The van der Waals surface area contributed by atoms with Gasteiger partial charge < -0.3 is 20.5 Å². The van der Waals surface area contributed by atoms with Crippen molar-refractivity contribution in [3.63, 3.8) is 0 Å². The summed E-state index contributed by atoms with van der Waals surface area (Å²) in [6.07, 6.45) is -3.32. The first-order valence-electron chi connectivity index (χ1n) is 3.22. The van der Waals surface area contributed by atoms with E-state index in [1.807, 2.05) is 0 Å². The topological polar surface area (TPSA) is 110 Å². The zero-order valence-electron chi connectivity index (χ0n) is 8.24. The first-order chi connectivity index (χ1) is 5.54. The third-order valence-corrected chi connectivity index (χ3v) is 1.35. The van der Waals surface area contributed by atoms with Gasteiger partial charge in [0.2, 0.25) is 0 Å². The third kappa shape index (κ3) is 10.9. The van der Waals surface area contributed by atoms with Gasteiger partial charge in [0.1, 0.15) is 17.9 Å². The molecule has 6 nitrogen and oxygen atoms in total. The van der Waals surface area contributed by atoms with Crippen molar-refractivity contribution in [1.82, 2.24) is 0 Å². The molecule has 0 heterocycles. The van der Waals surface area contributed by atoms with E-state index in [4.69, 9.17) is 20.5 Å². The Bertz CT molecular complexity index is 201. The summed E-state index contributed by atoms with van der Waals surface area (Å²) in [5.74, 6) is -0.669. The number of ketones is 1. The van der Waals surface area contributed by atoms with Crippen molar-refractivity contribution in [2.75, 3.05) is 6.61 Å². The van der Waals surface area contributed by atoms with Crippen LogP contribution >= 0.6 is 0 Å². The molecule has 79 valence electrons. The summed E-state index contributed by atoms with van der Waals surface area (Å²) in [5.41, 5.74) is -0.447. The number of rotatable bonds is 4. The normalized spacial score (nSPS) is 13.7. The SMILES string of the molecule is CC(=O)C(O)[C@H](O)/C(CO)=N\O.[Ac].[Ac].[Ac]. The third-order valence-electron chi connectivity index (χ3n) is 1.35. The fraction of sp³-hybridized carbons (Fsp3) is 0.667. The first-order valence-corrected chi connectivity index (χ1v) is 3.22. The van der Waals surface area contributed by atoms with Crippen LogP contribution in [0.4, 0.5) is 0 Å². The first kappa shape index (κ1) is 26.8. The average Bonchev–Trinajstić information content (AvgIpc) is 2.05. The van der Waals surface area contributed by atoms with Crippen LogP contribution in [-0.4, -0.2) is 50.8 Å². The second kappa shape index (κ2) is 15.4. The van der Waals surface area contributed by atoms with Crippen molar-refractivity contribution < 1.29 is 158 Å². The average molecular weight is 858 g/mol. The number of hydrogen-bond acceptors (Lipinski definition) is 6. The van der Waals surface area contributed by atoms with Crippen molar-refractivity contribution in [2.24, 2.45) is 5.16 Å². The van der Waals surface area contributed by atoms with E-state index in [1.54, 1.807) is 0 Å². The van der Waals surface area contributed by atoms with Gasteiger partial charge in [0.05, 0.1) is 6.61 Å². The minimum Gasteiger partial charge on any atom is -0.411 e. The maximum atomic E-state index is 10.5. The summed E-state index contributed by atoms with van der Waals surface area (Å²) in [6, 6.07) is 0. The molecule has 0 aliphatic rings. The van der Waals surface area contributed by atoms with Gasteiger partial charge in [-0.05, 0) is 6.92 Å². The summed E-state index contributed by atoms with van der Waals surface area (Å²) < 4.78 is 0. The number of aliphatic hydroxyl groups is 3. The monoisotopic (exact) mass is 858 g/mol. The fourth-order valence-corrected chi connectivity index (χ4v) is 0.589. The summed E-state index contributed by atoms with van der Waals surface area (Å²) in [5, 5.41) is 37.1. The Morgan fingerprint density at radius 2 is 1.60 bits per heavy atom. The van der Waals surface area contributed by atoms with E-state index in [-0.39, 0.29) is 132 Å². The van der Waals surface area contributed by atoms with Gasteiger partial charge >= 0.3 is 0 Å². The van der Waals surface area contributed by atoms with E-state index >= 15 is 0 Å². The quantitative estimate of drug-likeness (QED) is 0.151. The van der Waals surface area contributed by atoms with E-state index in [0.717, 1.165) is 6.92 Å². The molecule has 0 aromatic heterocycles. The van der Waals surface area contributed by atoms with E-state index in [9.17, 15) is 4.79 Å². The van der Waals surface area contributed by atoms with Crippen LogP contribution in [0.5, 0.6) is 0 Å². The van der Waals surface area contributed by atoms with Crippen molar-refractivity contribution in [1.29, 1.82) is 0 Å². The number of aliphatic hydroxyl groups excluding tert-OH is 3. The molecule has 0 aliphatic heterocycles. The number of oxime groups is 1. The summed E-state index contributed by atoms with van der Waals surface area (Å²) >= 11 is 0. The number of Topliss-reactive ketones (excluding diaryl/α,β-unsaturated/α-hetero) is 1. The molecule has 0 fully saturated rings. The van der Waals surface area contributed by atoms with E-state index < -0.39 is 30.3 Å². The number of hydrogen-bond donors (Lipinski definition) is 4. The maximum absolute atomic E-state index is 10.5. The van der Waals surface area contributed by atoms with Crippen LogP contribution in [0.2, 0.25) is 0 Å². The molecule has 0 aliphatic carbocycles.